The zero-order chi connectivity index (χ0) is 10.1. The van der Waals surface area contributed by atoms with Gasteiger partial charge in [0.2, 0.25) is 0 Å². The van der Waals surface area contributed by atoms with E-state index in [0.29, 0.717) is 9.35 Å². The largest absolute Gasteiger partial charge is 0.477 e. The van der Waals surface area contributed by atoms with Crippen LogP contribution in [0.2, 0.25) is 0 Å². The highest BCUT2D eigenvalue weighted by atomic mass is 79.9. The van der Waals surface area contributed by atoms with Crippen LogP contribution < -0.4 is 0 Å². The third-order valence-corrected chi connectivity index (χ3v) is 3.03. The van der Waals surface area contributed by atoms with E-state index in [2.05, 4.69) is 15.9 Å². The molecule has 0 saturated carbocycles. The number of thiophene rings is 1. The number of hydrogen-bond donors (Lipinski definition) is 1. The van der Waals surface area contributed by atoms with E-state index < -0.39 is 18.3 Å². The molecule has 0 bridgehead atoms. The summed E-state index contributed by atoms with van der Waals surface area (Å²) >= 11 is 4.20. The number of rotatable bonds is 3. The fourth-order valence-electron chi connectivity index (χ4n) is 0.741. The Bertz CT molecular complexity index is 324. The SMILES string of the molecule is O=C(O)C(F)(F)Cc1cc(Br)cs1. The van der Waals surface area contributed by atoms with E-state index in [1.165, 1.54) is 6.07 Å². The van der Waals surface area contributed by atoms with E-state index in [0.717, 1.165) is 11.3 Å². The first-order valence-corrected chi connectivity index (χ1v) is 4.93. The standard InChI is InChI=1S/C7H5BrF2O2S/c8-4-1-5(13-3-4)2-7(9,10)6(11)12/h1,3H,2H2,(H,11,12). The second kappa shape index (κ2) is 3.71. The lowest BCUT2D eigenvalue weighted by Crippen LogP contribution is -2.30. The zero-order valence-corrected chi connectivity index (χ0v) is 8.66. The molecule has 1 heterocycles. The Labute approximate surface area is 85.3 Å². The summed E-state index contributed by atoms with van der Waals surface area (Å²) in [5, 5.41) is 9.78. The molecule has 0 unspecified atom stereocenters. The minimum Gasteiger partial charge on any atom is -0.477 e. The van der Waals surface area contributed by atoms with Crippen LogP contribution in [0.25, 0.3) is 0 Å². The van der Waals surface area contributed by atoms with Gasteiger partial charge in [-0.05, 0) is 22.0 Å². The van der Waals surface area contributed by atoms with Crippen LogP contribution in [0.15, 0.2) is 15.9 Å². The third kappa shape index (κ3) is 2.73. The molecule has 0 spiro atoms. The number of carbonyl (C=O) groups is 1. The van der Waals surface area contributed by atoms with Crippen molar-refractivity contribution in [2.24, 2.45) is 0 Å². The fraction of sp³-hybridized carbons (Fsp3) is 0.286. The van der Waals surface area contributed by atoms with E-state index >= 15 is 0 Å². The Balaban J connectivity index is 2.74. The lowest BCUT2D eigenvalue weighted by molar-refractivity contribution is -0.164. The van der Waals surface area contributed by atoms with Crippen molar-refractivity contribution in [3.8, 4) is 0 Å². The van der Waals surface area contributed by atoms with Gasteiger partial charge in [-0.25, -0.2) is 4.79 Å². The van der Waals surface area contributed by atoms with E-state index in [1.807, 2.05) is 0 Å². The predicted octanol–water partition coefficient (Wildman–Crippen LogP) is 2.77. The number of carboxylic acid groups (broad SMARTS) is 1. The fourth-order valence-corrected chi connectivity index (χ4v) is 2.24. The van der Waals surface area contributed by atoms with Crippen LogP contribution in [0.3, 0.4) is 0 Å². The molecule has 6 heteroatoms. The summed E-state index contributed by atoms with van der Waals surface area (Å²) in [6, 6.07) is 1.49. The molecular formula is C7H5BrF2O2S. The molecule has 0 saturated heterocycles. The average molecular weight is 271 g/mol. The summed E-state index contributed by atoms with van der Waals surface area (Å²) in [7, 11) is 0. The van der Waals surface area contributed by atoms with Gasteiger partial charge in [0.05, 0.1) is 6.42 Å². The summed E-state index contributed by atoms with van der Waals surface area (Å²) in [5.74, 6) is -5.76. The van der Waals surface area contributed by atoms with Gasteiger partial charge < -0.3 is 5.11 Å². The van der Waals surface area contributed by atoms with E-state index in [9.17, 15) is 13.6 Å². The highest BCUT2D eigenvalue weighted by Crippen LogP contribution is 2.26. The Morgan fingerprint density at radius 3 is 2.69 bits per heavy atom. The van der Waals surface area contributed by atoms with Crippen molar-refractivity contribution in [2.75, 3.05) is 0 Å². The van der Waals surface area contributed by atoms with Crippen molar-refractivity contribution in [1.82, 2.24) is 0 Å². The molecule has 1 N–H and O–H groups in total. The predicted molar refractivity (Wildman–Crippen MR) is 48.3 cm³/mol. The zero-order valence-electron chi connectivity index (χ0n) is 6.26. The average Bonchev–Trinajstić information content (AvgIpc) is 2.34. The quantitative estimate of drug-likeness (QED) is 0.917. The van der Waals surface area contributed by atoms with Gasteiger partial charge in [-0.15, -0.1) is 11.3 Å². The van der Waals surface area contributed by atoms with Gasteiger partial charge >= 0.3 is 11.9 Å². The van der Waals surface area contributed by atoms with Crippen LogP contribution in [0, 0.1) is 0 Å². The Hall–Kier alpha value is -0.490. The van der Waals surface area contributed by atoms with Crippen molar-refractivity contribution in [3.05, 3.63) is 20.8 Å². The Kier molecular flexibility index (Phi) is 3.02. The highest BCUT2D eigenvalue weighted by molar-refractivity contribution is 9.10. The molecule has 0 radical (unpaired) electrons. The van der Waals surface area contributed by atoms with Crippen molar-refractivity contribution in [2.45, 2.75) is 12.3 Å². The topological polar surface area (TPSA) is 37.3 Å². The second-order valence-corrected chi connectivity index (χ2v) is 4.33. The monoisotopic (exact) mass is 270 g/mol. The first-order valence-electron chi connectivity index (χ1n) is 3.26. The molecule has 1 aromatic heterocycles. The van der Waals surface area contributed by atoms with Gasteiger partial charge in [0, 0.05) is 14.7 Å². The summed E-state index contributed by atoms with van der Waals surface area (Å²) < 4.78 is 26.0. The first kappa shape index (κ1) is 10.6. The van der Waals surface area contributed by atoms with E-state index in [1.54, 1.807) is 5.38 Å². The lowest BCUT2D eigenvalue weighted by atomic mass is 10.2. The summed E-state index contributed by atoms with van der Waals surface area (Å²) in [6.45, 7) is 0. The molecule has 0 aliphatic rings. The van der Waals surface area contributed by atoms with Crippen LogP contribution in [-0.4, -0.2) is 17.0 Å². The minimum atomic E-state index is -3.68. The first-order chi connectivity index (χ1) is 5.92. The molecule has 0 aromatic carbocycles. The Morgan fingerprint density at radius 2 is 2.31 bits per heavy atom. The second-order valence-electron chi connectivity index (χ2n) is 2.42. The van der Waals surface area contributed by atoms with Crippen molar-refractivity contribution in [3.63, 3.8) is 0 Å². The van der Waals surface area contributed by atoms with Crippen LogP contribution in [-0.2, 0) is 11.2 Å². The molecule has 0 aliphatic carbocycles. The maximum atomic E-state index is 12.6. The van der Waals surface area contributed by atoms with Gasteiger partial charge in [-0.3, -0.25) is 0 Å². The lowest BCUT2D eigenvalue weighted by Gasteiger charge is -2.08. The van der Waals surface area contributed by atoms with Gasteiger partial charge in [0.15, 0.2) is 0 Å². The summed E-state index contributed by atoms with van der Waals surface area (Å²) in [4.78, 5) is 10.4. The number of hydrogen-bond acceptors (Lipinski definition) is 2. The number of aliphatic carboxylic acids is 1. The van der Waals surface area contributed by atoms with Crippen LogP contribution in [0.1, 0.15) is 4.88 Å². The van der Waals surface area contributed by atoms with Crippen molar-refractivity contribution >= 4 is 33.2 Å². The smallest absolute Gasteiger partial charge is 0.374 e. The minimum absolute atomic E-state index is 0.347. The summed E-state index contributed by atoms with van der Waals surface area (Å²) in [6.07, 6.45) is -0.751. The van der Waals surface area contributed by atoms with E-state index in [-0.39, 0.29) is 0 Å². The van der Waals surface area contributed by atoms with E-state index in [4.69, 9.17) is 5.11 Å². The molecule has 1 rings (SSSR count). The number of halogens is 3. The van der Waals surface area contributed by atoms with Crippen molar-refractivity contribution < 1.29 is 18.7 Å². The molecule has 72 valence electrons. The molecular weight excluding hydrogens is 266 g/mol. The van der Waals surface area contributed by atoms with Crippen LogP contribution >= 0.6 is 27.3 Å². The van der Waals surface area contributed by atoms with Gasteiger partial charge in [-0.2, -0.15) is 8.78 Å². The van der Waals surface area contributed by atoms with Gasteiger partial charge in [0.25, 0.3) is 0 Å². The van der Waals surface area contributed by atoms with Gasteiger partial charge in [0.1, 0.15) is 0 Å². The van der Waals surface area contributed by atoms with Crippen LogP contribution in [0.5, 0.6) is 0 Å². The van der Waals surface area contributed by atoms with Gasteiger partial charge in [-0.1, -0.05) is 0 Å². The number of alkyl halides is 2. The Morgan fingerprint density at radius 1 is 1.69 bits per heavy atom. The molecule has 0 atom stereocenters. The maximum absolute atomic E-state index is 12.6. The number of carboxylic acids is 1. The highest BCUT2D eigenvalue weighted by Gasteiger charge is 2.39. The third-order valence-electron chi connectivity index (χ3n) is 1.33. The normalized spacial score (nSPS) is 11.6. The molecule has 13 heavy (non-hydrogen) atoms. The van der Waals surface area contributed by atoms with Crippen LogP contribution in [0.4, 0.5) is 8.78 Å². The molecule has 0 aliphatic heterocycles. The molecule has 0 amide bonds. The maximum Gasteiger partial charge on any atom is 0.374 e. The molecule has 2 nitrogen and oxygen atoms in total. The molecule has 1 aromatic rings. The summed E-state index contributed by atoms with van der Waals surface area (Å²) in [5.41, 5.74) is 0. The van der Waals surface area contributed by atoms with Crippen molar-refractivity contribution in [1.29, 1.82) is 0 Å². The molecule has 0 fully saturated rings.